The van der Waals surface area contributed by atoms with Gasteiger partial charge < -0.3 is 33.8 Å². The van der Waals surface area contributed by atoms with Gasteiger partial charge in [0.15, 0.2) is 12.2 Å². The van der Waals surface area contributed by atoms with E-state index in [1.807, 2.05) is 0 Å². The Hall–Kier alpha value is -1.94. The van der Waals surface area contributed by atoms with Crippen LogP contribution in [-0.4, -0.2) is 96.7 Å². The summed E-state index contributed by atoms with van der Waals surface area (Å²) in [5.41, 5.74) is 0. The summed E-state index contributed by atoms with van der Waals surface area (Å²) >= 11 is 0. The van der Waals surface area contributed by atoms with E-state index >= 15 is 0 Å². The number of ether oxygens (including phenoxy) is 4. The van der Waals surface area contributed by atoms with Crippen LogP contribution in [0.3, 0.4) is 0 Å². The second-order valence-corrected chi connectivity index (χ2v) is 33.8. The van der Waals surface area contributed by atoms with Crippen molar-refractivity contribution in [3.8, 4) is 0 Å². The molecule has 0 amide bonds. The number of carbonyl (C=O) groups excluding carboxylic acids is 4. The van der Waals surface area contributed by atoms with Crippen LogP contribution in [0.5, 0.6) is 0 Å². The normalized spacial score (nSPS) is 14.0. The SMILES string of the molecule is CCCCCCCCCCCCCCCCCCC(=O)O[C@H](COC(=O)CCCCCCCCC(C)C)COP(=O)(O)OC[C@H](O)COP(=O)(O)OC[C@@H](COC(=O)CCCCCCCCCCCCCCCCC(C)C)OC(=O)CCCCCCCCCCCCCCCCCCC(C)C. The fraction of sp³-hybridized carbons (Fsp3) is 0.951. The summed E-state index contributed by atoms with van der Waals surface area (Å²) in [5.74, 6) is 0.177. The summed E-state index contributed by atoms with van der Waals surface area (Å²) in [6, 6.07) is 0. The maximum atomic E-state index is 13.1. The predicted octanol–water partition coefficient (Wildman–Crippen LogP) is 24.5. The fourth-order valence-electron chi connectivity index (χ4n) is 12.7. The smallest absolute Gasteiger partial charge is 0.462 e. The Morgan fingerprint density at radius 3 is 0.673 bits per heavy atom. The van der Waals surface area contributed by atoms with Crippen molar-refractivity contribution in [2.45, 2.75) is 446 Å². The van der Waals surface area contributed by atoms with E-state index < -0.39 is 97.5 Å². The number of aliphatic hydroxyl groups excluding tert-OH is 1. The van der Waals surface area contributed by atoms with Crippen LogP contribution in [0.1, 0.15) is 427 Å². The number of carbonyl (C=O) groups is 4. The summed E-state index contributed by atoms with van der Waals surface area (Å²) in [7, 11) is -9.92. The van der Waals surface area contributed by atoms with Gasteiger partial charge in [-0.1, -0.05) is 376 Å². The Balaban J connectivity index is 5.23. The van der Waals surface area contributed by atoms with E-state index in [1.54, 1.807) is 0 Å². The Morgan fingerprint density at radius 1 is 0.267 bits per heavy atom. The zero-order valence-corrected chi connectivity index (χ0v) is 68.2. The van der Waals surface area contributed by atoms with Crippen LogP contribution in [0.2, 0.25) is 0 Å². The minimum atomic E-state index is -4.96. The number of esters is 4. The number of phosphoric acid groups is 2. The number of hydrogen-bond donors (Lipinski definition) is 3. The topological polar surface area (TPSA) is 237 Å². The Bertz CT molecular complexity index is 1960. The molecule has 0 saturated carbocycles. The summed E-state index contributed by atoms with van der Waals surface area (Å²) in [5, 5.41) is 10.6. The molecule has 0 fully saturated rings. The molecule has 0 rings (SSSR count). The Kier molecular flexibility index (Phi) is 70.9. The van der Waals surface area contributed by atoms with Crippen molar-refractivity contribution in [2.75, 3.05) is 39.6 Å². The van der Waals surface area contributed by atoms with Gasteiger partial charge in [-0.2, -0.15) is 0 Å². The van der Waals surface area contributed by atoms with E-state index in [2.05, 4.69) is 48.5 Å². The van der Waals surface area contributed by atoms with Gasteiger partial charge in [0.1, 0.15) is 19.3 Å². The highest BCUT2D eigenvalue weighted by atomic mass is 31.2. The molecule has 0 spiro atoms. The molecule has 0 aliphatic carbocycles. The van der Waals surface area contributed by atoms with Gasteiger partial charge in [-0.25, -0.2) is 9.13 Å². The first-order valence-corrected chi connectivity index (χ1v) is 45.3. The zero-order valence-electron chi connectivity index (χ0n) is 66.4. The first-order chi connectivity index (χ1) is 48.7. The summed E-state index contributed by atoms with van der Waals surface area (Å²) in [6.45, 7) is 11.9. The molecule has 0 aliphatic heterocycles. The molecule has 0 aliphatic rings. The molecule has 0 aromatic rings. The van der Waals surface area contributed by atoms with Crippen LogP contribution in [0, 0.1) is 17.8 Å². The van der Waals surface area contributed by atoms with Crippen molar-refractivity contribution in [1.82, 2.24) is 0 Å². The van der Waals surface area contributed by atoms with Crippen molar-refractivity contribution in [2.24, 2.45) is 17.8 Å². The van der Waals surface area contributed by atoms with Gasteiger partial charge in [0.2, 0.25) is 0 Å². The third-order valence-electron chi connectivity index (χ3n) is 19.1. The van der Waals surface area contributed by atoms with Gasteiger partial charge in [0, 0.05) is 25.7 Å². The van der Waals surface area contributed by atoms with E-state index in [9.17, 15) is 43.2 Å². The van der Waals surface area contributed by atoms with Crippen molar-refractivity contribution < 1.29 is 80.2 Å². The van der Waals surface area contributed by atoms with Crippen molar-refractivity contribution in [1.29, 1.82) is 0 Å². The molecule has 0 radical (unpaired) electrons. The van der Waals surface area contributed by atoms with Crippen LogP contribution in [0.15, 0.2) is 0 Å². The number of rotatable bonds is 80. The van der Waals surface area contributed by atoms with E-state index in [1.165, 1.54) is 231 Å². The molecular formula is C82H160O17P2. The fourth-order valence-corrected chi connectivity index (χ4v) is 14.2. The molecule has 17 nitrogen and oxygen atoms in total. The highest BCUT2D eigenvalue weighted by molar-refractivity contribution is 7.47. The van der Waals surface area contributed by atoms with Crippen molar-refractivity contribution >= 4 is 39.5 Å². The monoisotopic (exact) mass is 1480 g/mol. The third-order valence-corrected chi connectivity index (χ3v) is 21.0. The first-order valence-electron chi connectivity index (χ1n) is 42.3. The van der Waals surface area contributed by atoms with Crippen molar-refractivity contribution in [3.63, 3.8) is 0 Å². The second kappa shape index (κ2) is 72.3. The predicted molar refractivity (Wildman–Crippen MR) is 414 cm³/mol. The van der Waals surface area contributed by atoms with Gasteiger partial charge in [0.25, 0.3) is 0 Å². The Morgan fingerprint density at radius 2 is 0.455 bits per heavy atom. The first kappa shape index (κ1) is 99.1. The zero-order chi connectivity index (χ0) is 74.4. The molecule has 600 valence electrons. The molecule has 0 saturated heterocycles. The van der Waals surface area contributed by atoms with Crippen molar-refractivity contribution in [3.05, 3.63) is 0 Å². The lowest BCUT2D eigenvalue weighted by atomic mass is 10.0. The average molecular weight is 1480 g/mol. The van der Waals surface area contributed by atoms with Gasteiger partial charge in [-0.15, -0.1) is 0 Å². The van der Waals surface area contributed by atoms with Gasteiger partial charge in [-0.05, 0) is 43.4 Å². The summed E-state index contributed by atoms with van der Waals surface area (Å²) in [4.78, 5) is 73.0. The van der Waals surface area contributed by atoms with Crippen LogP contribution >= 0.6 is 15.6 Å². The molecule has 0 heterocycles. The minimum absolute atomic E-state index is 0.107. The molecule has 101 heavy (non-hydrogen) atoms. The minimum Gasteiger partial charge on any atom is -0.462 e. The van der Waals surface area contributed by atoms with Gasteiger partial charge >= 0.3 is 39.5 Å². The number of unbranched alkanes of at least 4 members (excludes halogenated alkanes) is 48. The van der Waals surface area contributed by atoms with E-state index in [0.717, 1.165) is 108 Å². The lowest BCUT2D eigenvalue weighted by molar-refractivity contribution is -0.161. The molecule has 2 unspecified atom stereocenters. The highest BCUT2D eigenvalue weighted by Crippen LogP contribution is 2.45. The maximum Gasteiger partial charge on any atom is 0.472 e. The summed E-state index contributed by atoms with van der Waals surface area (Å²) in [6.07, 6.45) is 61.2. The number of hydrogen-bond acceptors (Lipinski definition) is 15. The lowest BCUT2D eigenvalue weighted by Crippen LogP contribution is -2.30. The third kappa shape index (κ3) is 76.1. The molecule has 3 N–H and O–H groups in total. The number of phosphoric ester groups is 2. The van der Waals surface area contributed by atoms with Crippen LogP contribution in [-0.2, 0) is 65.4 Å². The van der Waals surface area contributed by atoms with E-state index in [4.69, 9.17) is 37.0 Å². The van der Waals surface area contributed by atoms with Crippen LogP contribution in [0.4, 0.5) is 0 Å². The van der Waals surface area contributed by atoms with Gasteiger partial charge in [-0.3, -0.25) is 37.3 Å². The average Bonchev–Trinajstić information content (AvgIpc) is 1.08. The molecule has 19 heteroatoms. The van der Waals surface area contributed by atoms with Crippen LogP contribution in [0.25, 0.3) is 0 Å². The quantitative estimate of drug-likeness (QED) is 0.0222. The molecular weight excluding hydrogens is 1320 g/mol. The molecule has 5 atom stereocenters. The standard InChI is InChI=1S/C82H160O17P2/c1-8-9-10-11-12-13-14-15-16-20-27-32-37-42-51-58-66-82(87)99-78(70-93-80(85)64-57-50-45-44-48-55-62-75(6)7)72-97-101(90,91)95-68-76(83)67-94-100(88,89)96-71-77(69-92-79(84)63-56-49-41-36-31-26-23-22-25-30-35-40-47-54-61-74(4)5)98-81(86)65-59-52-43-38-33-28-21-18-17-19-24-29-34-39-46-53-60-73(2)3/h73-78,83H,8-72H2,1-7H3,(H,88,89)(H,90,91)/t76-,77-,78-/m1/s1. The van der Waals surface area contributed by atoms with Gasteiger partial charge in [0.05, 0.1) is 26.4 Å². The lowest BCUT2D eigenvalue weighted by Gasteiger charge is -2.21. The molecule has 0 bridgehead atoms. The summed E-state index contributed by atoms with van der Waals surface area (Å²) < 4.78 is 68.7. The molecule has 0 aromatic heterocycles. The largest absolute Gasteiger partial charge is 0.472 e. The molecule has 0 aromatic carbocycles. The highest BCUT2D eigenvalue weighted by Gasteiger charge is 2.30. The second-order valence-electron chi connectivity index (χ2n) is 30.9. The number of aliphatic hydroxyl groups is 1. The maximum absolute atomic E-state index is 13.1. The van der Waals surface area contributed by atoms with E-state index in [0.29, 0.717) is 31.6 Å². The van der Waals surface area contributed by atoms with E-state index in [-0.39, 0.29) is 25.7 Å². The van der Waals surface area contributed by atoms with Crippen LogP contribution < -0.4 is 0 Å². The Labute approximate surface area is 619 Å².